The topological polar surface area (TPSA) is 82.0 Å². The molecule has 1 unspecified atom stereocenters. The van der Waals surface area contributed by atoms with Gasteiger partial charge in [0.25, 0.3) is 0 Å². The van der Waals surface area contributed by atoms with E-state index in [1.54, 1.807) is 24.4 Å². The molecule has 2 heterocycles. The van der Waals surface area contributed by atoms with Crippen molar-refractivity contribution in [3.05, 3.63) is 36.2 Å². The first-order chi connectivity index (χ1) is 16.7. The standard InChI is InChI=1S/C27H39N5O3/c1-20-8-5-6-9-22(20)27(30(2)3)14-12-25(13-15-27)18-31(23-28-16-21(35-4)17-29-23)24(33)32(25)19-26(34)10-7-11-26/h5-6,9,16-17,20,34H,7-8,10-15,18-19H2,1-4H3. The molecule has 2 saturated carbocycles. The van der Waals surface area contributed by atoms with Crippen molar-refractivity contribution in [1.82, 2.24) is 19.8 Å². The van der Waals surface area contributed by atoms with E-state index in [9.17, 15) is 9.90 Å². The largest absolute Gasteiger partial charge is 0.494 e. The van der Waals surface area contributed by atoms with Crippen LogP contribution in [0, 0.1) is 5.92 Å². The predicted octanol–water partition coefficient (Wildman–Crippen LogP) is 3.78. The summed E-state index contributed by atoms with van der Waals surface area (Å²) in [6.07, 6.45) is 17.3. The maximum absolute atomic E-state index is 13.8. The van der Waals surface area contributed by atoms with Crippen molar-refractivity contribution in [2.24, 2.45) is 5.92 Å². The van der Waals surface area contributed by atoms with E-state index in [2.05, 4.69) is 54.1 Å². The van der Waals surface area contributed by atoms with Crippen molar-refractivity contribution in [3.63, 3.8) is 0 Å². The molecule has 1 aromatic heterocycles. The summed E-state index contributed by atoms with van der Waals surface area (Å²) in [5, 5.41) is 11.1. The number of hydrogen-bond acceptors (Lipinski definition) is 6. The molecule has 4 aliphatic rings. The average Bonchev–Trinajstić information content (AvgIpc) is 3.10. The maximum Gasteiger partial charge on any atom is 0.327 e. The SMILES string of the molecule is COc1cnc(N2CC3(CCC(C4=CC=CCC4C)(N(C)C)CC3)N(CC3(O)CCC3)C2=O)nc1. The van der Waals surface area contributed by atoms with Crippen LogP contribution in [0.2, 0.25) is 0 Å². The fraction of sp³-hybridized carbons (Fsp3) is 0.667. The number of allylic oxidation sites excluding steroid dienone is 3. The van der Waals surface area contributed by atoms with E-state index in [-0.39, 0.29) is 17.1 Å². The zero-order valence-corrected chi connectivity index (χ0v) is 21.5. The molecule has 2 amide bonds. The van der Waals surface area contributed by atoms with Gasteiger partial charge in [-0.15, -0.1) is 0 Å². The highest BCUT2D eigenvalue weighted by molar-refractivity contribution is 5.93. The summed E-state index contributed by atoms with van der Waals surface area (Å²) in [6.45, 7) is 3.26. The molecule has 35 heavy (non-hydrogen) atoms. The van der Waals surface area contributed by atoms with Crippen LogP contribution >= 0.6 is 0 Å². The first kappa shape index (κ1) is 24.3. The van der Waals surface area contributed by atoms with E-state index >= 15 is 0 Å². The number of anilines is 1. The monoisotopic (exact) mass is 481 g/mol. The van der Waals surface area contributed by atoms with Gasteiger partial charge in [0.15, 0.2) is 5.75 Å². The van der Waals surface area contributed by atoms with E-state index in [0.717, 1.165) is 51.4 Å². The Morgan fingerprint density at radius 1 is 1.14 bits per heavy atom. The summed E-state index contributed by atoms with van der Waals surface area (Å²) in [5.41, 5.74) is 0.380. The lowest BCUT2D eigenvalue weighted by molar-refractivity contribution is -0.0707. The number of urea groups is 1. The molecule has 3 aliphatic carbocycles. The molecule has 5 rings (SSSR count). The molecule has 1 spiro atoms. The summed E-state index contributed by atoms with van der Waals surface area (Å²) in [4.78, 5) is 28.7. The van der Waals surface area contributed by atoms with Gasteiger partial charge in [0.1, 0.15) is 0 Å². The number of aromatic nitrogens is 2. The number of rotatable bonds is 6. The number of nitrogens with zero attached hydrogens (tertiary/aromatic N) is 5. The fourth-order valence-electron chi connectivity index (χ4n) is 6.69. The third-order valence-electron chi connectivity index (χ3n) is 9.15. The molecule has 1 atom stereocenters. The first-order valence-corrected chi connectivity index (χ1v) is 12.9. The van der Waals surface area contributed by atoms with Crippen LogP contribution in [0.3, 0.4) is 0 Å². The van der Waals surface area contributed by atoms with Crippen molar-refractivity contribution >= 4 is 12.0 Å². The van der Waals surface area contributed by atoms with E-state index in [4.69, 9.17) is 4.74 Å². The van der Waals surface area contributed by atoms with E-state index in [1.165, 1.54) is 5.57 Å². The normalized spacial score (nSPS) is 32.2. The number of carbonyl (C=O) groups is 1. The molecule has 0 aromatic carbocycles. The van der Waals surface area contributed by atoms with Crippen LogP contribution in [0.15, 0.2) is 36.2 Å². The Balaban J connectivity index is 1.45. The van der Waals surface area contributed by atoms with E-state index in [0.29, 0.717) is 30.7 Å². The van der Waals surface area contributed by atoms with Gasteiger partial charge in [0.2, 0.25) is 5.95 Å². The number of carbonyl (C=O) groups excluding carboxylic acids is 1. The number of likely N-dealkylation sites (N-methyl/N-ethyl adjacent to an activating group) is 1. The number of aliphatic hydroxyl groups is 1. The summed E-state index contributed by atoms with van der Waals surface area (Å²) in [6, 6.07) is -0.0963. The van der Waals surface area contributed by atoms with Crippen LogP contribution in [0.25, 0.3) is 0 Å². The molecule has 1 aromatic rings. The Kier molecular flexibility index (Phi) is 6.16. The Morgan fingerprint density at radius 3 is 2.37 bits per heavy atom. The lowest BCUT2D eigenvalue weighted by Gasteiger charge is -2.54. The van der Waals surface area contributed by atoms with Crippen molar-refractivity contribution < 1.29 is 14.6 Å². The molecule has 1 N–H and O–H groups in total. The predicted molar refractivity (Wildman–Crippen MR) is 135 cm³/mol. The highest BCUT2D eigenvalue weighted by Crippen LogP contribution is 2.50. The van der Waals surface area contributed by atoms with Gasteiger partial charge in [-0.3, -0.25) is 9.80 Å². The maximum atomic E-state index is 13.8. The fourth-order valence-corrected chi connectivity index (χ4v) is 6.69. The van der Waals surface area contributed by atoms with Crippen LogP contribution in [-0.2, 0) is 0 Å². The van der Waals surface area contributed by atoms with Gasteiger partial charge in [-0.25, -0.2) is 14.8 Å². The van der Waals surface area contributed by atoms with Gasteiger partial charge >= 0.3 is 6.03 Å². The van der Waals surface area contributed by atoms with Crippen molar-refractivity contribution in [1.29, 1.82) is 0 Å². The minimum absolute atomic E-state index is 0.0124. The summed E-state index contributed by atoms with van der Waals surface area (Å²) >= 11 is 0. The minimum atomic E-state index is -0.777. The van der Waals surface area contributed by atoms with Crippen LogP contribution in [-0.4, -0.2) is 81.9 Å². The van der Waals surface area contributed by atoms with Gasteiger partial charge in [-0.2, -0.15) is 0 Å². The Labute approximate surface area is 208 Å². The van der Waals surface area contributed by atoms with E-state index < -0.39 is 5.60 Å². The minimum Gasteiger partial charge on any atom is -0.494 e. The number of methoxy groups -OCH3 is 1. The van der Waals surface area contributed by atoms with Crippen molar-refractivity contribution in [3.8, 4) is 5.75 Å². The van der Waals surface area contributed by atoms with E-state index in [1.807, 2.05) is 4.90 Å². The molecule has 8 nitrogen and oxygen atoms in total. The number of amides is 2. The lowest BCUT2D eigenvalue weighted by atomic mass is 9.64. The van der Waals surface area contributed by atoms with Gasteiger partial charge < -0.3 is 14.7 Å². The zero-order valence-electron chi connectivity index (χ0n) is 21.5. The highest BCUT2D eigenvalue weighted by Gasteiger charge is 2.57. The molecule has 0 bridgehead atoms. The molecule has 0 radical (unpaired) electrons. The third-order valence-corrected chi connectivity index (χ3v) is 9.15. The Bertz CT molecular complexity index is 1010. The van der Waals surface area contributed by atoms with Crippen LogP contribution in [0.5, 0.6) is 5.75 Å². The zero-order chi connectivity index (χ0) is 24.8. The second kappa shape index (κ2) is 8.89. The van der Waals surface area contributed by atoms with Crippen LogP contribution in [0.1, 0.15) is 58.3 Å². The second-order valence-corrected chi connectivity index (χ2v) is 11.3. The molecule has 1 aliphatic heterocycles. The highest BCUT2D eigenvalue weighted by atomic mass is 16.5. The molecule has 1 saturated heterocycles. The second-order valence-electron chi connectivity index (χ2n) is 11.3. The van der Waals surface area contributed by atoms with Crippen LogP contribution < -0.4 is 9.64 Å². The Morgan fingerprint density at radius 2 is 1.83 bits per heavy atom. The average molecular weight is 482 g/mol. The molecule has 190 valence electrons. The summed E-state index contributed by atoms with van der Waals surface area (Å²) in [7, 11) is 5.96. The van der Waals surface area contributed by atoms with Gasteiger partial charge in [0.05, 0.1) is 43.7 Å². The number of hydrogen-bond donors (Lipinski definition) is 1. The summed E-state index contributed by atoms with van der Waals surface area (Å²) in [5.74, 6) is 1.47. The van der Waals surface area contributed by atoms with Crippen molar-refractivity contribution in [2.45, 2.75) is 75.0 Å². The van der Waals surface area contributed by atoms with Gasteiger partial charge in [-0.05, 0) is 77.0 Å². The molecular formula is C27H39N5O3. The summed E-state index contributed by atoms with van der Waals surface area (Å²) < 4.78 is 5.20. The molecule has 8 heteroatoms. The molecular weight excluding hydrogens is 442 g/mol. The van der Waals surface area contributed by atoms with Crippen LogP contribution in [0.4, 0.5) is 10.7 Å². The van der Waals surface area contributed by atoms with Crippen molar-refractivity contribution in [2.75, 3.05) is 39.2 Å². The van der Waals surface area contributed by atoms with Gasteiger partial charge in [-0.1, -0.05) is 25.2 Å². The smallest absolute Gasteiger partial charge is 0.327 e. The lowest BCUT2D eigenvalue weighted by Crippen LogP contribution is -2.61. The number of ether oxygens (including phenoxy) is 1. The van der Waals surface area contributed by atoms with Gasteiger partial charge in [0, 0.05) is 5.54 Å². The quantitative estimate of drug-likeness (QED) is 0.666. The first-order valence-electron chi connectivity index (χ1n) is 12.9. The number of β-amino-alcohol motifs (C(OH)–C–C–N with tert-alkyl or cyclic N) is 1. The third kappa shape index (κ3) is 4.04. The Hall–Kier alpha value is -2.45. The molecule has 3 fully saturated rings.